The Kier molecular flexibility index (Phi) is 41.3. The monoisotopic (exact) mass is 836 g/mol. The van der Waals surface area contributed by atoms with Gasteiger partial charge in [-0.05, 0) is 38.5 Å². The van der Waals surface area contributed by atoms with E-state index < -0.39 is 18.1 Å². The fourth-order valence-electron chi connectivity index (χ4n) is 7.71. The zero-order valence-corrected chi connectivity index (χ0v) is 39.7. The third kappa shape index (κ3) is 41.2. The Morgan fingerprint density at radius 3 is 1.22 bits per heavy atom. The van der Waals surface area contributed by atoms with Crippen LogP contribution in [0.4, 0.5) is 0 Å². The second-order valence-corrected chi connectivity index (χ2v) is 18.4. The SMILES string of the molecule is CCCCCCCC/C=C\CCCCCCCCCCCC(=O)OC(COCCC(C(=O)[O-])[N+](C)(C)C)COC(=O)CCCCCCCCCCCCCCCCCC. The van der Waals surface area contributed by atoms with Gasteiger partial charge < -0.3 is 28.6 Å². The molecule has 0 rings (SSSR count). The van der Waals surface area contributed by atoms with Gasteiger partial charge in [0, 0.05) is 19.3 Å². The molecule has 0 radical (unpaired) electrons. The molecule has 2 unspecified atom stereocenters. The maximum absolute atomic E-state index is 12.8. The summed E-state index contributed by atoms with van der Waals surface area (Å²) in [5, 5.41) is 11.6. The second-order valence-electron chi connectivity index (χ2n) is 18.4. The molecule has 0 aromatic carbocycles. The molecule has 0 aromatic rings. The molecule has 348 valence electrons. The van der Waals surface area contributed by atoms with Crippen molar-refractivity contribution >= 4 is 17.9 Å². The van der Waals surface area contributed by atoms with E-state index >= 15 is 0 Å². The summed E-state index contributed by atoms with van der Waals surface area (Å²) in [5.41, 5.74) is 0. The van der Waals surface area contributed by atoms with Gasteiger partial charge in [-0.25, -0.2) is 0 Å². The molecule has 0 amide bonds. The van der Waals surface area contributed by atoms with Crippen molar-refractivity contribution in [3.05, 3.63) is 12.2 Å². The molecule has 0 heterocycles. The Morgan fingerprint density at radius 2 is 0.847 bits per heavy atom. The minimum Gasteiger partial charge on any atom is -0.544 e. The molecule has 8 heteroatoms. The molecule has 0 aliphatic carbocycles. The second kappa shape index (κ2) is 42.7. The summed E-state index contributed by atoms with van der Waals surface area (Å²) in [6.45, 7) is 4.70. The average Bonchev–Trinajstić information content (AvgIpc) is 3.19. The summed E-state index contributed by atoms with van der Waals surface area (Å²) in [4.78, 5) is 37.0. The molecule has 0 aromatic heterocycles. The molecule has 0 aliphatic heterocycles. The van der Waals surface area contributed by atoms with Crippen LogP contribution in [0, 0.1) is 0 Å². The topological polar surface area (TPSA) is 102 Å². The van der Waals surface area contributed by atoms with Crippen LogP contribution in [0.1, 0.15) is 245 Å². The lowest BCUT2D eigenvalue weighted by atomic mass is 10.0. The highest BCUT2D eigenvalue weighted by molar-refractivity contribution is 5.70. The van der Waals surface area contributed by atoms with E-state index in [0.717, 1.165) is 38.5 Å². The van der Waals surface area contributed by atoms with E-state index in [0.29, 0.717) is 12.8 Å². The van der Waals surface area contributed by atoms with E-state index in [4.69, 9.17) is 14.2 Å². The first-order valence-corrected chi connectivity index (χ1v) is 25.2. The van der Waals surface area contributed by atoms with Crippen molar-refractivity contribution < 1.29 is 38.2 Å². The van der Waals surface area contributed by atoms with Gasteiger partial charge in [-0.15, -0.1) is 0 Å². The lowest BCUT2D eigenvalue weighted by Gasteiger charge is -2.34. The van der Waals surface area contributed by atoms with Gasteiger partial charge in [0.1, 0.15) is 12.6 Å². The Labute approximate surface area is 365 Å². The summed E-state index contributed by atoms with van der Waals surface area (Å²) in [7, 11) is 5.42. The predicted molar refractivity (Wildman–Crippen MR) is 245 cm³/mol. The Hall–Kier alpha value is -1.93. The molecule has 2 atom stereocenters. The molecule has 0 fully saturated rings. The first-order valence-electron chi connectivity index (χ1n) is 25.2. The Balaban J connectivity index is 4.23. The molecule has 0 saturated heterocycles. The van der Waals surface area contributed by atoms with Crippen molar-refractivity contribution in [2.24, 2.45) is 0 Å². The number of allylic oxidation sites excluding steroid dienone is 2. The number of esters is 2. The van der Waals surface area contributed by atoms with Crippen LogP contribution in [-0.4, -0.2) is 75.5 Å². The standard InChI is InChI=1S/C51H97NO7/c1-6-8-10-12-14-16-18-20-22-24-25-26-28-30-32-34-36-38-40-42-50(54)59-47(45-57-44-43-48(51(55)56)52(3,4)5)46-58-49(53)41-39-37-35-33-31-29-27-23-21-19-17-15-13-11-9-7-2/h20,22,47-48H,6-19,21,23-46H2,1-5H3/b22-20-. The number of aliphatic carboxylic acids is 1. The number of carboxylic acids is 1. The lowest BCUT2D eigenvalue weighted by molar-refractivity contribution is -0.889. The van der Waals surface area contributed by atoms with E-state index in [9.17, 15) is 19.5 Å². The summed E-state index contributed by atoms with van der Waals surface area (Å²) in [5.74, 6) is -1.72. The zero-order valence-electron chi connectivity index (χ0n) is 39.7. The number of quaternary nitrogens is 1. The number of unbranched alkanes of at least 4 members (excludes halogenated alkanes) is 30. The van der Waals surface area contributed by atoms with E-state index in [2.05, 4.69) is 26.0 Å². The molecule has 0 spiro atoms. The predicted octanol–water partition coefficient (Wildman–Crippen LogP) is 12.9. The van der Waals surface area contributed by atoms with Crippen molar-refractivity contribution in [3.63, 3.8) is 0 Å². The number of ether oxygens (including phenoxy) is 3. The van der Waals surface area contributed by atoms with Crippen LogP contribution in [0.2, 0.25) is 0 Å². The van der Waals surface area contributed by atoms with Crippen molar-refractivity contribution in [2.45, 2.75) is 257 Å². The molecule has 0 N–H and O–H groups in total. The zero-order chi connectivity index (χ0) is 43.5. The minimum absolute atomic E-state index is 0.0461. The van der Waals surface area contributed by atoms with Crippen LogP contribution in [0.5, 0.6) is 0 Å². The van der Waals surface area contributed by atoms with Gasteiger partial charge in [-0.1, -0.05) is 199 Å². The van der Waals surface area contributed by atoms with Crippen molar-refractivity contribution in [3.8, 4) is 0 Å². The van der Waals surface area contributed by atoms with Gasteiger partial charge in [-0.2, -0.15) is 0 Å². The van der Waals surface area contributed by atoms with Gasteiger partial charge in [0.25, 0.3) is 0 Å². The average molecular weight is 836 g/mol. The van der Waals surface area contributed by atoms with Gasteiger partial charge in [0.2, 0.25) is 0 Å². The van der Waals surface area contributed by atoms with Crippen molar-refractivity contribution in [1.29, 1.82) is 0 Å². The van der Waals surface area contributed by atoms with E-state index in [1.807, 2.05) is 21.1 Å². The summed E-state index contributed by atoms with van der Waals surface area (Å²) in [6, 6.07) is -0.722. The number of carboxylic acid groups (broad SMARTS) is 1. The first kappa shape index (κ1) is 57.1. The highest BCUT2D eigenvalue weighted by Crippen LogP contribution is 2.16. The molecule has 0 saturated carbocycles. The largest absolute Gasteiger partial charge is 0.544 e. The summed E-state index contributed by atoms with van der Waals surface area (Å²) >= 11 is 0. The van der Waals surface area contributed by atoms with Gasteiger partial charge in [0.05, 0.1) is 40.3 Å². The molecule has 0 bridgehead atoms. The Morgan fingerprint density at radius 1 is 0.492 bits per heavy atom. The molecule has 59 heavy (non-hydrogen) atoms. The quantitative estimate of drug-likeness (QED) is 0.0260. The Bertz CT molecular complexity index is 978. The van der Waals surface area contributed by atoms with Crippen LogP contribution in [0.15, 0.2) is 12.2 Å². The highest BCUT2D eigenvalue weighted by atomic mass is 16.6. The molecule has 8 nitrogen and oxygen atoms in total. The molecular weight excluding hydrogens is 739 g/mol. The maximum Gasteiger partial charge on any atom is 0.306 e. The number of likely N-dealkylation sites (N-methyl/N-ethyl adjacent to an activating group) is 1. The van der Waals surface area contributed by atoms with Crippen molar-refractivity contribution in [1.82, 2.24) is 0 Å². The number of hydrogen-bond donors (Lipinski definition) is 0. The van der Waals surface area contributed by atoms with E-state index in [1.165, 1.54) is 173 Å². The third-order valence-electron chi connectivity index (χ3n) is 11.7. The fraction of sp³-hybridized carbons (Fsp3) is 0.902. The molecular formula is C51H97NO7. The van der Waals surface area contributed by atoms with Crippen LogP contribution < -0.4 is 5.11 Å². The van der Waals surface area contributed by atoms with Gasteiger partial charge >= 0.3 is 11.9 Å². The lowest BCUT2D eigenvalue weighted by Crippen LogP contribution is -2.55. The number of rotatable bonds is 46. The smallest absolute Gasteiger partial charge is 0.306 e. The maximum atomic E-state index is 12.8. The minimum atomic E-state index is -1.12. The summed E-state index contributed by atoms with van der Waals surface area (Å²) < 4.78 is 17.2. The first-order chi connectivity index (χ1) is 28.6. The number of carbonyl (C=O) groups excluding carboxylic acids is 3. The van der Waals surface area contributed by atoms with Crippen LogP contribution in [0.25, 0.3) is 0 Å². The molecule has 0 aliphatic rings. The summed E-state index contributed by atoms with van der Waals surface area (Å²) in [6.07, 6.45) is 46.6. The third-order valence-corrected chi connectivity index (χ3v) is 11.7. The normalized spacial score (nSPS) is 12.9. The van der Waals surface area contributed by atoms with Crippen LogP contribution in [0.3, 0.4) is 0 Å². The van der Waals surface area contributed by atoms with E-state index in [1.54, 1.807) is 0 Å². The highest BCUT2D eigenvalue weighted by Gasteiger charge is 2.25. The van der Waals surface area contributed by atoms with Crippen LogP contribution >= 0.6 is 0 Å². The van der Waals surface area contributed by atoms with E-state index in [-0.39, 0.29) is 42.7 Å². The van der Waals surface area contributed by atoms with Crippen molar-refractivity contribution in [2.75, 3.05) is 41.0 Å². The number of hydrogen-bond acceptors (Lipinski definition) is 7. The number of carbonyl (C=O) groups is 3. The van der Waals surface area contributed by atoms with Gasteiger partial charge in [-0.3, -0.25) is 9.59 Å². The van der Waals surface area contributed by atoms with Gasteiger partial charge in [0.15, 0.2) is 6.10 Å². The van der Waals surface area contributed by atoms with Crippen LogP contribution in [-0.2, 0) is 28.6 Å². The number of nitrogens with zero attached hydrogens (tertiary/aromatic N) is 1. The fourth-order valence-corrected chi connectivity index (χ4v) is 7.71.